The molecule has 70 valence electrons. The topological polar surface area (TPSA) is 3.24 Å². The van der Waals surface area contributed by atoms with Crippen LogP contribution in [0.3, 0.4) is 0 Å². The summed E-state index contributed by atoms with van der Waals surface area (Å²) in [4.78, 5) is 0. The molecule has 1 saturated heterocycles. The standard InChI is InChI=1S/C11H15NS/c1-9-4-5-11(10(2)8-9)12-6-3-7-13-12/h4-5,8H,3,6-7H2,1-2H3. The summed E-state index contributed by atoms with van der Waals surface area (Å²) < 4.78 is 2.41. The SMILES string of the molecule is Cc1ccc(N2CCCS2)c(C)c1. The second-order valence-electron chi connectivity index (χ2n) is 3.58. The van der Waals surface area contributed by atoms with E-state index in [0.717, 1.165) is 0 Å². The number of anilines is 1. The maximum absolute atomic E-state index is 2.41. The molecule has 0 radical (unpaired) electrons. The molecule has 0 aromatic heterocycles. The van der Waals surface area contributed by atoms with Crippen molar-refractivity contribution in [2.24, 2.45) is 0 Å². The van der Waals surface area contributed by atoms with Crippen molar-refractivity contribution in [2.45, 2.75) is 20.3 Å². The molecule has 1 heterocycles. The molecule has 0 bridgehead atoms. The minimum absolute atomic E-state index is 1.20. The summed E-state index contributed by atoms with van der Waals surface area (Å²) in [7, 11) is 0. The molecule has 13 heavy (non-hydrogen) atoms. The van der Waals surface area contributed by atoms with Gasteiger partial charge in [-0.15, -0.1) is 0 Å². The lowest BCUT2D eigenvalue weighted by Crippen LogP contribution is -2.10. The fraction of sp³-hybridized carbons (Fsp3) is 0.455. The van der Waals surface area contributed by atoms with Crippen molar-refractivity contribution < 1.29 is 0 Å². The molecule has 0 saturated carbocycles. The second-order valence-corrected chi connectivity index (χ2v) is 4.69. The molecule has 0 amide bonds. The Morgan fingerprint density at radius 2 is 2.15 bits per heavy atom. The lowest BCUT2D eigenvalue weighted by Gasteiger charge is -2.18. The van der Waals surface area contributed by atoms with Gasteiger partial charge in [-0.1, -0.05) is 17.7 Å². The molecule has 1 aromatic rings. The van der Waals surface area contributed by atoms with Gasteiger partial charge >= 0.3 is 0 Å². The van der Waals surface area contributed by atoms with E-state index in [1.54, 1.807) is 0 Å². The van der Waals surface area contributed by atoms with E-state index in [4.69, 9.17) is 0 Å². The van der Waals surface area contributed by atoms with Crippen molar-refractivity contribution in [1.82, 2.24) is 0 Å². The first kappa shape index (κ1) is 8.95. The van der Waals surface area contributed by atoms with Gasteiger partial charge < -0.3 is 4.31 Å². The second kappa shape index (κ2) is 3.62. The highest BCUT2D eigenvalue weighted by Gasteiger charge is 2.14. The van der Waals surface area contributed by atoms with Gasteiger partial charge in [0.2, 0.25) is 0 Å². The Kier molecular flexibility index (Phi) is 2.49. The van der Waals surface area contributed by atoms with Crippen LogP contribution in [0.25, 0.3) is 0 Å². The van der Waals surface area contributed by atoms with Crippen LogP contribution in [0.1, 0.15) is 17.5 Å². The first-order valence-corrected chi connectivity index (χ1v) is 5.69. The molecule has 1 fully saturated rings. The third-order valence-electron chi connectivity index (χ3n) is 2.37. The highest BCUT2D eigenvalue weighted by molar-refractivity contribution is 8.00. The molecule has 2 heteroatoms. The summed E-state index contributed by atoms with van der Waals surface area (Å²) in [5.41, 5.74) is 4.15. The summed E-state index contributed by atoms with van der Waals surface area (Å²) in [6, 6.07) is 6.69. The van der Waals surface area contributed by atoms with Crippen LogP contribution in [0.2, 0.25) is 0 Å². The number of nitrogens with zero attached hydrogens (tertiary/aromatic N) is 1. The largest absolute Gasteiger partial charge is 0.316 e. The Labute approximate surface area is 84.3 Å². The zero-order valence-corrected chi connectivity index (χ0v) is 9.03. The van der Waals surface area contributed by atoms with Crippen molar-refractivity contribution in [1.29, 1.82) is 0 Å². The molecule has 1 aliphatic heterocycles. The first-order chi connectivity index (χ1) is 6.27. The molecule has 0 atom stereocenters. The fourth-order valence-corrected chi connectivity index (χ4v) is 2.80. The van der Waals surface area contributed by atoms with Crippen LogP contribution < -0.4 is 4.31 Å². The van der Waals surface area contributed by atoms with Crippen LogP contribution in [0, 0.1) is 13.8 Å². The average Bonchev–Trinajstić information content (AvgIpc) is 2.56. The number of aryl methyl sites for hydroxylation is 2. The smallest absolute Gasteiger partial charge is 0.0499 e. The molecule has 0 unspecified atom stereocenters. The fourth-order valence-electron chi connectivity index (χ4n) is 1.72. The van der Waals surface area contributed by atoms with Gasteiger partial charge in [0, 0.05) is 18.0 Å². The predicted molar refractivity (Wildman–Crippen MR) is 60.3 cm³/mol. The Morgan fingerprint density at radius 1 is 1.31 bits per heavy atom. The summed E-state index contributed by atoms with van der Waals surface area (Å²) in [5, 5.41) is 0. The van der Waals surface area contributed by atoms with Crippen molar-refractivity contribution in [3.8, 4) is 0 Å². The first-order valence-electron chi connectivity index (χ1n) is 4.75. The molecule has 0 aliphatic carbocycles. The molecule has 1 nitrogen and oxygen atoms in total. The third-order valence-corrected chi connectivity index (χ3v) is 3.54. The molecule has 0 spiro atoms. The number of hydrogen-bond acceptors (Lipinski definition) is 2. The lowest BCUT2D eigenvalue weighted by atomic mass is 10.1. The molecule has 1 aromatic carbocycles. The number of benzene rings is 1. The van der Waals surface area contributed by atoms with E-state index in [1.807, 2.05) is 11.9 Å². The van der Waals surface area contributed by atoms with Crippen molar-refractivity contribution in [3.63, 3.8) is 0 Å². The van der Waals surface area contributed by atoms with Gasteiger partial charge in [-0.25, -0.2) is 0 Å². The van der Waals surface area contributed by atoms with Gasteiger partial charge in [-0.2, -0.15) is 0 Å². The monoisotopic (exact) mass is 193 g/mol. The van der Waals surface area contributed by atoms with E-state index in [1.165, 1.54) is 35.5 Å². The Bertz CT molecular complexity index is 303. The van der Waals surface area contributed by atoms with Crippen LogP contribution in [0.5, 0.6) is 0 Å². The van der Waals surface area contributed by atoms with Crippen LogP contribution in [0.4, 0.5) is 5.69 Å². The third kappa shape index (κ3) is 1.83. The quantitative estimate of drug-likeness (QED) is 0.630. The zero-order valence-electron chi connectivity index (χ0n) is 8.21. The van der Waals surface area contributed by atoms with Crippen LogP contribution in [-0.2, 0) is 0 Å². The van der Waals surface area contributed by atoms with Crippen molar-refractivity contribution in [3.05, 3.63) is 29.3 Å². The Morgan fingerprint density at radius 3 is 2.77 bits per heavy atom. The summed E-state index contributed by atoms with van der Waals surface area (Å²) in [5.74, 6) is 1.27. The van der Waals surface area contributed by atoms with E-state index in [0.29, 0.717) is 0 Å². The van der Waals surface area contributed by atoms with Crippen molar-refractivity contribution >= 4 is 17.6 Å². The van der Waals surface area contributed by atoms with E-state index < -0.39 is 0 Å². The Balaban J connectivity index is 2.29. The number of hydrogen-bond donors (Lipinski definition) is 0. The normalized spacial score (nSPS) is 16.6. The molecule has 1 aliphatic rings. The number of rotatable bonds is 1. The summed E-state index contributed by atoms with van der Waals surface area (Å²) in [6.07, 6.45) is 1.32. The van der Waals surface area contributed by atoms with Gasteiger partial charge in [0.15, 0.2) is 0 Å². The summed E-state index contributed by atoms with van der Waals surface area (Å²) in [6.45, 7) is 5.55. The predicted octanol–water partition coefficient (Wildman–Crippen LogP) is 3.16. The van der Waals surface area contributed by atoms with Crippen LogP contribution in [-0.4, -0.2) is 12.3 Å². The Hall–Kier alpha value is -0.630. The van der Waals surface area contributed by atoms with E-state index in [-0.39, 0.29) is 0 Å². The highest BCUT2D eigenvalue weighted by Crippen LogP contribution is 2.31. The molecular formula is C11H15NS. The lowest BCUT2D eigenvalue weighted by molar-refractivity contribution is 0.985. The summed E-state index contributed by atoms with van der Waals surface area (Å²) >= 11 is 1.95. The van der Waals surface area contributed by atoms with Gasteiger partial charge in [0.25, 0.3) is 0 Å². The zero-order chi connectivity index (χ0) is 9.26. The minimum Gasteiger partial charge on any atom is -0.316 e. The van der Waals surface area contributed by atoms with Gasteiger partial charge in [0.05, 0.1) is 0 Å². The maximum Gasteiger partial charge on any atom is 0.0499 e. The van der Waals surface area contributed by atoms with Crippen LogP contribution in [0.15, 0.2) is 18.2 Å². The molecule has 2 rings (SSSR count). The molecule has 0 N–H and O–H groups in total. The highest BCUT2D eigenvalue weighted by atomic mass is 32.2. The van der Waals surface area contributed by atoms with E-state index >= 15 is 0 Å². The van der Waals surface area contributed by atoms with Crippen LogP contribution >= 0.6 is 11.9 Å². The average molecular weight is 193 g/mol. The molecular weight excluding hydrogens is 178 g/mol. The minimum atomic E-state index is 1.20. The van der Waals surface area contributed by atoms with Gasteiger partial charge in [0.1, 0.15) is 0 Å². The van der Waals surface area contributed by atoms with E-state index in [2.05, 4.69) is 36.4 Å². The van der Waals surface area contributed by atoms with Gasteiger partial charge in [-0.05, 0) is 43.8 Å². The van der Waals surface area contributed by atoms with Gasteiger partial charge in [-0.3, -0.25) is 0 Å². The maximum atomic E-state index is 2.41. The van der Waals surface area contributed by atoms with Crippen molar-refractivity contribution in [2.75, 3.05) is 16.6 Å². The van der Waals surface area contributed by atoms with E-state index in [9.17, 15) is 0 Å².